The fourth-order valence-electron chi connectivity index (χ4n) is 5.18. The molecule has 0 bridgehead atoms. The second-order valence-electron chi connectivity index (χ2n) is 11.0. The van der Waals surface area contributed by atoms with Crippen molar-refractivity contribution in [2.24, 2.45) is 0 Å². The predicted octanol–water partition coefficient (Wildman–Crippen LogP) is 7.41. The smallest absolute Gasteiger partial charge is 0.301 e. The predicted molar refractivity (Wildman–Crippen MR) is 183 cm³/mol. The molecule has 232 valence electrons. The fourth-order valence-corrected chi connectivity index (χ4v) is 7.00. The maximum Gasteiger partial charge on any atom is 0.301 e. The van der Waals surface area contributed by atoms with Gasteiger partial charge in [0.05, 0.1) is 11.6 Å². The van der Waals surface area contributed by atoms with Crippen LogP contribution in [0.25, 0.3) is 5.76 Å². The minimum Gasteiger partial charge on any atom is -0.507 e. The topological polar surface area (TPSA) is 95.9 Å². The third-order valence-corrected chi connectivity index (χ3v) is 9.89. The number of rotatable bonds is 10. The van der Waals surface area contributed by atoms with E-state index in [2.05, 4.69) is 10.2 Å². The van der Waals surface area contributed by atoms with Crippen LogP contribution in [0.1, 0.15) is 33.9 Å². The lowest BCUT2D eigenvalue weighted by atomic mass is 9.95. The molecule has 4 aromatic carbocycles. The Labute approximate surface area is 276 Å². The summed E-state index contributed by atoms with van der Waals surface area (Å²) in [5.74, 6) is -0.513. The van der Waals surface area contributed by atoms with E-state index in [9.17, 15) is 14.7 Å². The molecule has 2 heterocycles. The minimum atomic E-state index is -0.895. The van der Waals surface area contributed by atoms with Crippen molar-refractivity contribution in [3.05, 3.63) is 137 Å². The van der Waals surface area contributed by atoms with Gasteiger partial charge in [0.2, 0.25) is 5.13 Å². The molecule has 1 fully saturated rings. The average Bonchev–Trinajstić information content (AvgIpc) is 3.65. The van der Waals surface area contributed by atoms with Crippen LogP contribution in [0.3, 0.4) is 0 Å². The number of aliphatic hydroxyl groups excluding tert-OH is 1. The van der Waals surface area contributed by atoms with Gasteiger partial charge >= 0.3 is 5.91 Å². The highest BCUT2D eigenvalue weighted by atomic mass is 32.2. The molecule has 10 heteroatoms. The van der Waals surface area contributed by atoms with Gasteiger partial charge in [0.25, 0.3) is 5.78 Å². The summed E-state index contributed by atoms with van der Waals surface area (Å²) in [6.45, 7) is 2.44. The summed E-state index contributed by atoms with van der Waals surface area (Å²) < 4.78 is 6.64. The molecule has 1 saturated heterocycles. The zero-order valence-corrected chi connectivity index (χ0v) is 27.2. The number of ketones is 1. The molecule has 0 spiro atoms. The van der Waals surface area contributed by atoms with Crippen LogP contribution in [-0.2, 0) is 21.9 Å². The van der Waals surface area contributed by atoms with Gasteiger partial charge < -0.3 is 14.7 Å². The van der Waals surface area contributed by atoms with Gasteiger partial charge in [0.15, 0.2) is 4.34 Å². The van der Waals surface area contributed by atoms with Crippen LogP contribution < -0.4 is 14.5 Å². The summed E-state index contributed by atoms with van der Waals surface area (Å²) in [7, 11) is 3.87. The van der Waals surface area contributed by atoms with Gasteiger partial charge in [-0.25, -0.2) is 0 Å². The van der Waals surface area contributed by atoms with E-state index in [-0.39, 0.29) is 11.3 Å². The van der Waals surface area contributed by atoms with Gasteiger partial charge in [0, 0.05) is 31.1 Å². The maximum atomic E-state index is 13.6. The fraction of sp³-hybridized carbons (Fsp3) is 0.167. The van der Waals surface area contributed by atoms with Crippen LogP contribution in [0.5, 0.6) is 5.75 Å². The monoisotopic (exact) mass is 648 g/mol. The summed E-state index contributed by atoms with van der Waals surface area (Å²) >= 11 is 2.75. The second kappa shape index (κ2) is 13.6. The van der Waals surface area contributed by atoms with Crippen molar-refractivity contribution in [2.75, 3.05) is 23.9 Å². The van der Waals surface area contributed by atoms with E-state index in [0.29, 0.717) is 38.7 Å². The van der Waals surface area contributed by atoms with E-state index in [1.807, 2.05) is 105 Å². The molecule has 1 aliphatic rings. The number of ether oxygens (including phenoxy) is 1. The van der Waals surface area contributed by atoms with Crippen LogP contribution in [0.4, 0.5) is 10.8 Å². The molecule has 5 aromatic rings. The maximum absolute atomic E-state index is 13.6. The number of carbonyl (C=O) groups excluding carboxylic acids is 2. The molecule has 1 amide bonds. The van der Waals surface area contributed by atoms with Gasteiger partial charge in [-0.15, -0.1) is 10.2 Å². The zero-order valence-electron chi connectivity index (χ0n) is 25.6. The third-order valence-electron chi connectivity index (χ3n) is 7.76. The van der Waals surface area contributed by atoms with E-state index in [1.54, 1.807) is 24.3 Å². The molecular weight excluding hydrogens is 617 g/mol. The number of hydrogen-bond donors (Lipinski definition) is 1. The second-order valence-corrected chi connectivity index (χ2v) is 13.2. The van der Waals surface area contributed by atoms with Gasteiger partial charge in [-0.1, -0.05) is 89.8 Å². The summed E-state index contributed by atoms with van der Waals surface area (Å²) in [5.41, 5.74) is 5.36. The van der Waals surface area contributed by atoms with E-state index in [4.69, 9.17) is 4.74 Å². The van der Waals surface area contributed by atoms with Gasteiger partial charge in [0.1, 0.15) is 18.1 Å². The van der Waals surface area contributed by atoms with E-state index < -0.39 is 17.7 Å². The molecule has 1 aliphatic heterocycles. The highest BCUT2D eigenvalue weighted by Crippen LogP contribution is 2.44. The standard InChI is InChI=1S/C36H32N4O4S2/c1-23-9-7-8-12-27(23)21-44-29-19-15-26(16-20-29)32(41)30-31(25-13-17-28(18-14-25)39(2)3)40(34(43)33(30)42)35-37-38-36(46-35)45-22-24-10-5-4-6-11-24/h4-20,31,41H,21-22H2,1-3H3/b32-30+. The van der Waals surface area contributed by atoms with Crippen LogP contribution >= 0.6 is 23.1 Å². The average molecular weight is 649 g/mol. The molecule has 0 radical (unpaired) electrons. The van der Waals surface area contributed by atoms with Crippen molar-refractivity contribution < 1.29 is 19.4 Å². The number of benzene rings is 4. The number of nitrogens with zero attached hydrogens (tertiary/aromatic N) is 4. The van der Waals surface area contributed by atoms with Crippen LogP contribution in [0.15, 0.2) is 113 Å². The van der Waals surface area contributed by atoms with Gasteiger partial charge in [-0.3, -0.25) is 14.5 Å². The largest absolute Gasteiger partial charge is 0.507 e. The lowest BCUT2D eigenvalue weighted by molar-refractivity contribution is -0.132. The zero-order chi connectivity index (χ0) is 32.2. The number of aliphatic hydroxyl groups is 1. The van der Waals surface area contributed by atoms with Crippen molar-refractivity contribution in [1.82, 2.24) is 10.2 Å². The number of aryl methyl sites for hydroxylation is 1. The first-order chi connectivity index (χ1) is 22.3. The first kappa shape index (κ1) is 31.1. The number of carbonyl (C=O) groups is 2. The molecule has 0 aliphatic carbocycles. The SMILES string of the molecule is Cc1ccccc1COc1ccc(/C(O)=C2\C(=O)C(=O)N(c3nnc(SCc4ccccc4)s3)C2c2ccc(N(C)C)cc2)cc1. The van der Waals surface area contributed by atoms with Gasteiger partial charge in [-0.05, 0) is 65.6 Å². The first-order valence-corrected chi connectivity index (χ1v) is 16.5. The summed E-state index contributed by atoms with van der Waals surface area (Å²) in [4.78, 5) is 30.6. The molecule has 8 nitrogen and oxygen atoms in total. The Bertz CT molecular complexity index is 1890. The number of amides is 1. The number of hydrogen-bond acceptors (Lipinski definition) is 9. The highest BCUT2D eigenvalue weighted by Gasteiger charge is 2.48. The molecular formula is C36H32N4O4S2. The summed E-state index contributed by atoms with van der Waals surface area (Å²) in [6.07, 6.45) is 0. The molecule has 1 unspecified atom stereocenters. The molecule has 0 saturated carbocycles. The lowest BCUT2D eigenvalue weighted by Crippen LogP contribution is -2.29. The van der Waals surface area contributed by atoms with Crippen molar-refractivity contribution in [1.29, 1.82) is 0 Å². The third kappa shape index (κ3) is 6.54. The van der Waals surface area contributed by atoms with Crippen molar-refractivity contribution in [3.63, 3.8) is 0 Å². The van der Waals surface area contributed by atoms with E-state index in [1.165, 1.54) is 28.0 Å². The molecule has 1 atom stereocenters. The Morgan fingerprint density at radius 2 is 1.61 bits per heavy atom. The Morgan fingerprint density at radius 3 is 2.30 bits per heavy atom. The number of aromatic nitrogens is 2. The van der Waals surface area contributed by atoms with Crippen molar-refractivity contribution in [2.45, 2.75) is 29.7 Å². The quantitative estimate of drug-likeness (QED) is 0.0550. The van der Waals surface area contributed by atoms with Crippen molar-refractivity contribution >= 4 is 51.4 Å². The number of Topliss-reactive ketones (excluding diaryl/α,β-unsaturated/α-hetero) is 1. The van der Waals surface area contributed by atoms with E-state index >= 15 is 0 Å². The first-order valence-electron chi connectivity index (χ1n) is 14.7. The highest BCUT2D eigenvalue weighted by molar-refractivity contribution is 8.00. The summed E-state index contributed by atoms with van der Waals surface area (Å²) in [6, 6.07) is 31.5. The molecule has 1 N–H and O–H groups in total. The Hall–Kier alpha value is -4.93. The molecule has 6 rings (SSSR count). The summed E-state index contributed by atoms with van der Waals surface area (Å²) in [5, 5.41) is 20.5. The van der Waals surface area contributed by atoms with E-state index in [0.717, 1.165) is 22.4 Å². The van der Waals surface area contributed by atoms with Gasteiger partial charge in [-0.2, -0.15) is 0 Å². The number of thioether (sulfide) groups is 1. The molecule has 46 heavy (non-hydrogen) atoms. The Morgan fingerprint density at radius 1 is 0.913 bits per heavy atom. The van der Waals surface area contributed by atoms with Crippen LogP contribution in [0.2, 0.25) is 0 Å². The van der Waals surface area contributed by atoms with Crippen LogP contribution in [-0.4, -0.2) is 41.1 Å². The lowest BCUT2D eigenvalue weighted by Gasteiger charge is -2.23. The Kier molecular flexibility index (Phi) is 9.18. The number of anilines is 2. The minimum absolute atomic E-state index is 0.00938. The van der Waals surface area contributed by atoms with Crippen LogP contribution in [0, 0.1) is 6.92 Å². The normalized spacial score (nSPS) is 15.7. The Balaban J connectivity index is 1.32. The molecule has 1 aromatic heterocycles. The van der Waals surface area contributed by atoms with Crippen molar-refractivity contribution in [3.8, 4) is 5.75 Å².